The van der Waals surface area contributed by atoms with Crippen molar-refractivity contribution in [3.8, 4) is 11.4 Å². The first-order valence-electron chi connectivity index (χ1n) is 10.8. The lowest BCUT2D eigenvalue weighted by molar-refractivity contribution is 0.100. The Morgan fingerprint density at radius 1 is 1.22 bits per heavy atom. The van der Waals surface area contributed by atoms with E-state index in [1.54, 1.807) is 26.8 Å². The van der Waals surface area contributed by atoms with Crippen LogP contribution in [0, 0.1) is 0 Å². The van der Waals surface area contributed by atoms with E-state index in [2.05, 4.69) is 19.3 Å². The Bertz CT molecular complexity index is 1280. The third-order valence-corrected chi connectivity index (χ3v) is 7.47. The molecule has 4 rings (SSSR count). The lowest BCUT2D eigenvalue weighted by atomic mass is 9.92. The molecular weight excluding hydrogens is 426 g/mol. The number of nitrogens with one attached hydrogen (secondary N) is 1. The zero-order valence-electron chi connectivity index (χ0n) is 18.8. The molecule has 1 fully saturated rings. The molecule has 1 amide bonds. The molecule has 8 nitrogen and oxygen atoms in total. The predicted molar refractivity (Wildman–Crippen MR) is 124 cm³/mol. The summed E-state index contributed by atoms with van der Waals surface area (Å²) in [7, 11) is -3.72. The number of sulfonamides is 1. The van der Waals surface area contributed by atoms with Gasteiger partial charge in [-0.15, -0.1) is 0 Å². The molecule has 32 heavy (non-hydrogen) atoms. The van der Waals surface area contributed by atoms with Crippen molar-refractivity contribution in [1.29, 1.82) is 0 Å². The average Bonchev–Trinajstić information content (AvgIpc) is 2.99. The van der Waals surface area contributed by atoms with Gasteiger partial charge in [0.05, 0.1) is 17.0 Å². The van der Waals surface area contributed by atoms with Gasteiger partial charge in [0.25, 0.3) is 5.91 Å². The van der Waals surface area contributed by atoms with E-state index in [1.165, 1.54) is 12.3 Å². The highest BCUT2D eigenvalue weighted by molar-refractivity contribution is 7.89. The molecule has 0 aliphatic heterocycles. The van der Waals surface area contributed by atoms with Gasteiger partial charge in [-0.25, -0.2) is 18.1 Å². The summed E-state index contributed by atoms with van der Waals surface area (Å²) in [5.74, 6) is -0.550. The standard InChI is InChI=1S/C23H29N5O3S/c1-5-14-11-17-19(21(24)29)20(28(15-7-6-8-15)22(17)26-12-14)18-10-9-16(13-25-18)32(30,31)27-23(2,3)4/h9-13,15,27H,5-8H2,1-4H3,(H2,24,29). The van der Waals surface area contributed by atoms with Gasteiger partial charge in [-0.3, -0.25) is 9.78 Å². The number of amides is 1. The maximum atomic E-state index is 12.7. The summed E-state index contributed by atoms with van der Waals surface area (Å²) >= 11 is 0. The molecule has 3 aromatic heterocycles. The minimum absolute atomic E-state index is 0.0644. The van der Waals surface area contributed by atoms with E-state index in [-0.39, 0.29) is 10.9 Å². The molecule has 0 aromatic carbocycles. The molecule has 1 aliphatic rings. The second-order valence-electron chi connectivity index (χ2n) is 9.35. The lowest BCUT2D eigenvalue weighted by Gasteiger charge is -2.29. The van der Waals surface area contributed by atoms with Crippen molar-refractivity contribution in [2.45, 2.75) is 69.9 Å². The zero-order valence-corrected chi connectivity index (χ0v) is 19.7. The third-order valence-electron chi connectivity index (χ3n) is 5.72. The second kappa shape index (κ2) is 7.97. The molecule has 170 valence electrons. The van der Waals surface area contributed by atoms with Crippen LogP contribution >= 0.6 is 0 Å². The number of carbonyl (C=O) groups is 1. The smallest absolute Gasteiger partial charge is 0.251 e. The van der Waals surface area contributed by atoms with Gasteiger partial charge < -0.3 is 10.3 Å². The SMILES string of the molecule is CCc1cnc2c(c1)c(C(N)=O)c(-c1ccc(S(=O)(=O)NC(C)(C)C)cn1)n2C1CCC1. The number of nitrogens with two attached hydrogens (primary N) is 1. The quantitative estimate of drug-likeness (QED) is 0.589. The summed E-state index contributed by atoms with van der Waals surface area (Å²) < 4.78 is 30.0. The number of aromatic nitrogens is 3. The summed E-state index contributed by atoms with van der Waals surface area (Å²) in [6.07, 6.45) is 7.00. The molecule has 3 N–H and O–H groups in total. The number of carbonyl (C=O) groups excluding carboxylic acids is 1. The topological polar surface area (TPSA) is 120 Å². The van der Waals surface area contributed by atoms with Crippen LogP contribution in [0.5, 0.6) is 0 Å². The van der Waals surface area contributed by atoms with Gasteiger partial charge in [-0.1, -0.05) is 6.92 Å². The van der Waals surface area contributed by atoms with Crippen molar-refractivity contribution >= 4 is 27.0 Å². The van der Waals surface area contributed by atoms with E-state index in [4.69, 9.17) is 5.73 Å². The monoisotopic (exact) mass is 455 g/mol. The molecule has 9 heteroatoms. The van der Waals surface area contributed by atoms with Gasteiger partial charge >= 0.3 is 0 Å². The minimum Gasteiger partial charge on any atom is -0.366 e. The first kappa shape index (κ1) is 22.4. The molecule has 0 spiro atoms. The van der Waals surface area contributed by atoms with Crippen molar-refractivity contribution in [1.82, 2.24) is 19.3 Å². The number of pyridine rings is 2. The molecule has 0 atom stereocenters. The van der Waals surface area contributed by atoms with Crippen LogP contribution in [-0.4, -0.2) is 34.4 Å². The van der Waals surface area contributed by atoms with Crippen LogP contribution in [0.25, 0.3) is 22.4 Å². The molecule has 3 aromatic rings. The number of primary amides is 1. The molecule has 1 saturated carbocycles. The van der Waals surface area contributed by atoms with Gasteiger partial charge in [0.1, 0.15) is 10.5 Å². The predicted octanol–water partition coefficient (Wildman–Crippen LogP) is 3.56. The van der Waals surface area contributed by atoms with E-state index in [0.717, 1.165) is 31.2 Å². The Morgan fingerprint density at radius 2 is 1.94 bits per heavy atom. The van der Waals surface area contributed by atoms with Crippen LogP contribution in [-0.2, 0) is 16.4 Å². The second-order valence-corrected chi connectivity index (χ2v) is 11.0. The fourth-order valence-corrected chi connectivity index (χ4v) is 5.43. The highest BCUT2D eigenvalue weighted by Gasteiger charge is 2.31. The van der Waals surface area contributed by atoms with Crippen LogP contribution in [0.3, 0.4) is 0 Å². The van der Waals surface area contributed by atoms with E-state index < -0.39 is 21.5 Å². The number of rotatable bonds is 6. The maximum Gasteiger partial charge on any atom is 0.251 e. The molecular formula is C23H29N5O3S. The van der Waals surface area contributed by atoms with Gasteiger partial charge in [-0.2, -0.15) is 0 Å². The maximum absolute atomic E-state index is 12.7. The van der Waals surface area contributed by atoms with Crippen molar-refractivity contribution in [2.75, 3.05) is 0 Å². The highest BCUT2D eigenvalue weighted by Crippen LogP contribution is 2.41. The number of fused-ring (bicyclic) bond motifs is 1. The Kier molecular flexibility index (Phi) is 5.58. The van der Waals surface area contributed by atoms with Crippen LogP contribution in [0.2, 0.25) is 0 Å². The molecule has 1 aliphatic carbocycles. The van der Waals surface area contributed by atoms with Crippen molar-refractivity contribution < 1.29 is 13.2 Å². The number of nitrogens with zero attached hydrogens (tertiary/aromatic N) is 3. The Hall–Kier alpha value is -2.78. The summed E-state index contributed by atoms with van der Waals surface area (Å²) in [6, 6.07) is 5.31. The van der Waals surface area contributed by atoms with E-state index >= 15 is 0 Å². The van der Waals surface area contributed by atoms with E-state index in [1.807, 2.05) is 19.2 Å². The molecule has 3 heterocycles. The zero-order chi connectivity index (χ0) is 23.3. The lowest BCUT2D eigenvalue weighted by Crippen LogP contribution is -2.40. The molecule has 0 saturated heterocycles. The van der Waals surface area contributed by atoms with E-state index in [0.29, 0.717) is 28.0 Å². The Balaban J connectivity index is 1.90. The fraction of sp³-hybridized carbons (Fsp3) is 0.435. The van der Waals surface area contributed by atoms with Crippen LogP contribution in [0.1, 0.15) is 68.9 Å². The summed E-state index contributed by atoms with van der Waals surface area (Å²) in [6.45, 7) is 7.36. The highest BCUT2D eigenvalue weighted by atomic mass is 32.2. The fourth-order valence-electron chi connectivity index (χ4n) is 4.07. The molecule has 0 bridgehead atoms. The number of hydrogen-bond donors (Lipinski definition) is 2. The summed E-state index contributed by atoms with van der Waals surface area (Å²) in [5.41, 5.74) is 8.43. The van der Waals surface area contributed by atoms with Crippen LogP contribution in [0.15, 0.2) is 35.5 Å². The minimum atomic E-state index is -3.72. The van der Waals surface area contributed by atoms with E-state index in [9.17, 15) is 13.2 Å². The molecule has 0 unspecified atom stereocenters. The van der Waals surface area contributed by atoms with Crippen molar-refractivity contribution in [3.63, 3.8) is 0 Å². The third kappa shape index (κ3) is 4.02. The first-order chi connectivity index (χ1) is 15.0. The summed E-state index contributed by atoms with van der Waals surface area (Å²) in [4.78, 5) is 21.8. The first-order valence-corrected chi connectivity index (χ1v) is 12.3. The van der Waals surface area contributed by atoms with Gasteiger partial charge in [-0.05, 0) is 70.2 Å². The van der Waals surface area contributed by atoms with Crippen molar-refractivity contribution in [2.24, 2.45) is 5.73 Å². The Morgan fingerprint density at radius 3 is 2.44 bits per heavy atom. The van der Waals surface area contributed by atoms with Crippen molar-refractivity contribution in [3.05, 3.63) is 41.7 Å². The van der Waals surface area contributed by atoms with Crippen LogP contribution < -0.4 is 10.5 Å². The number of hydrogen-bond acceptors (Lipinski definition) is 5. The average molecular weight is 456 g/mol. The van der Waals surface area contributed by atoms with Gasteiger partial charge in [0.2, 0.25) is 10.0 Å². The van der Waals surface area contributed by atoms with Gasteiger partial charge in [0, 0.05) is 29.4 Å². The number of aryl methyl sites for hydroxylation is 1. The molecule has 0 radical (unpaired) electrons. The largest absolute Gasteiger partial charge is 0.366 e. The summed E-state index contributed by atoms with van der Waals surface area (Å²) in [5, 5.41) is 0.714. The van der Waals surface area contributed by atoms with Crippen LogP contribution in [0.4, 0.5) is 0 Å². The van der Waals surface area contributed by atoms with Gasteiger partial charge in [0.15, 0.2) is 0 Å². The normalized spacial score (nSPS) is 15.1. The Labute approximate surface area is 188 Å².